The lowest BCUT2D eigenvalue weighted by atomic mass is 9.93. The molecule has 1 atom stereocenters. The van der Waals surface area contributed by atoms with Crippen LogP contribution in [0.25, 0.3) is 0 Å². The number of rotatable bonds is 4. The van der Waals surface area contributed by atoms with Crippen molar-refractivity contribution in [2.75, 3.05) is 5.33 Å². The summed E-state index contributed by atoms with van der Waals surface area (Å²) >= 11 is 6.96. The third-order valence-corrected chi connectivity index (χ3v) is 5.25. The van der Waals surface area contributed by atoms with Crippen LogP contribution in [0, 0.1) is 6.92 Å². The fraction of sp³-hybridized carbons (Fsp3) is 0.235. The first kappa shape index (κ1) is 16.2. The Kier molecular flexibility index (Phi) is 5.22. The second-order valence-corrected chi connectivity index (χ2v) is 6.68. The summed E-state index contributed by atoms with van der Waals surface area (Å²) in [5.74, 6) is -0.0867. The average molecular weight is 411 g/mol. The molecule has 0 fully saturated rings. The SMILES string of the molecule is Cc1ccc(Br)c(C(=O)NC(C)(CBr)c2ccccc2)c1. The van der Waals surface area contributed by atoms with Crippen molar-refractivity contribution in [3.63, 3.8) is 0 Å². The predicted molar refractivity (Wildman–Crippen MR) is 93.9 cm³/mol. The monoisotopic (exact) mass is 409 g/mol. The Balaban J connectivity index is 2.30. The first-order chi connectivity index (χ1) is 9.96. The molecule has 2 rings (SSSR count). The highest BCUT2D eigenvalue weighted by molar-refractivity contribution is 9.10. The first-order valence-corrected chi connectivity index (χ1v) is 8.58. The Morgan fingerprint density at radius 1 is 1.19 bits per heavy atom. The standard InChI is InChI=1S/C17H17Br2NO/c1-12-8-9-15(19)14(10-12)16(21)20-17(2,11-18)13-6-4-3-5-7-13/h3-10H,11H2,1-2H3,(H,20,21). The normalized spacial score (nSPS) is 13.5. The second kappa shape index (κ2) is 6.75. The minimum Gasteiger partial charge on any atom is -0.342 e. The van der Waals surface area contributed by atoms with Gasteiger partial charge in [0.1, 0.15) is 0 Å². The van der Waals surface area contributed by atoms with Gasteiger partial charge >= 0.3 is 0 Å². The summed E-state index contributed by atoms with van der Waals surface area (Å²) in [4.78, 5) is 12.6. The van der Waals surface area contributed by atoms with Gasteiger partial charge in [-0.2, -0.15) is 0 Å². The van der Waals surface area contributed by atoms with Gasteiger partial charge < -0.3 is 5.32 Å². The Labute approximate surface area is 142 Å². The zero-order valence-electron chi connectivity index (χ0n) is 12.0. The van der Waals surface area contributed by atoms with E-state index in [0.717, 1.165) is 15.6 Å². The highest BCUT2D eigenvalue weighted by Gasteiger charge is 2.28. The van der Waals surface area contributed by atoms with Gasteiger partial charge in [-0.25, -0.2) is 0 Å². The molecule has 0 aliphatic rings. The molecule has 2 nitrogen and oxygen atoms in total. The maximum absolute atomic E-state index is 12.6. The van der Waals surface area contributed by atoms with E-state index in [1.807, 2.05) is 62.4 Å². The number of carbonyl (C=O) groups is 1. The molecule has 1 N–H and O–H groups in total. The summed E-state index contributed by atoms with van der Waals surface area (Å²) in [7, 11) is 0. The van der Waals surface area contributed by atoms with Crippen LogP contribution in [0.3, 0.4) is 0 Å². The van der Waals surface area contributed by atoms with E-state index < -0.39 is 5.54 Å². The van der Waals surface area contributed by atoms with Crippen molar-refractivity contribution in [2.24, 2.45) is 0 Å². The van der Waals surface area contributed by atoms with E-state index in [2.05, 4.69) is 37.2 Å². The Hall–Kier alpha value is -1.13. The van der Waals surface area contributed by atoms with Crippen LogP contribution in [0.15, 0.2) is 53.0 Å². The number of amides is 1. The van der Waals surface area contributed by atoms with E-state index in [1.54, 1.807) is 0 Å². The molecule has 0 bridgehead atoms. The van der Waals surface area contributed by atoms with Crippen LogP contribution in [0.2, 0.25) is 0 Å². The van der Waals surface area contributed by atoms with Crippen LogP contribution in [0.5, 0.6) is 0 Å². The van der Waals surface area contributed by atoms with Crippen LogP contribution >= 0.6 is 31.9 Å². The first-order valence-electron chi connectivity index (χ1n) is 6.66. The van der Waals surface area contributed by atoms with Gasteiger partial charge in [0.15, 0.2) is 0 Å². The zero-order chi connectivity index (χ0) is 15.5. The molecule has 21 heavy (non-hydrogen) atoms. The molecule has 0 spiro atoms. The molecule has 0 saturated heterocycles. The van der Waals surface area contributed by atoms with Crippen molar-refractivity contribution in [2.45, 2.75) is 19.4 Å². The number of hydrogen-bond donors (Lipinski definition) is 1. The van der Waals surface area contributed by atoms with E-state index in [9.17, 15) is 4.79 Å². The van der Waals surface area contributed by atoms with Crippen molar-refractivity contribution in [3.05, 3.63) is 69.7 Å². The summed E-state index contributed by atoms with van der Waals surface area (Å²) in [6, 6.07) is 15.7. The molecule has 1 unspecified atom stereocenters. The van der Waals surface area contributed by atoms with Gasteiger partial charge in [0, 0.05) is 9.80 Å². The summed E-state index contributed by atoms with van der Waals surface area (Å²) < 4.78 is 0.801. The lowest BCUT2D eigenvalue weighted by Crippen LogP contribution is -2.45. The summed E-state index contributed by atoms with van der Waals surface area (Å²) in [5, 5.41) is 3.77. The quantitative estimate of drug-likeness (QED) is 0.720. The lowest BCUT2D eigenvalue weighted by molar-refractivity contribution is 0.0913. The highest BCUT2D eigenvalue weighted by atomic mass is 79.9. The van der Waals surface area contributed by atoms with Crippen LogP contribution in [-0.2, 0) is 5.54 Å². The van der Waals surface area contributed by atoms with Gasteiger partial charge in [-0.15, -0.1) is 0 Å². The van der Waals surface area contributed by atoms with Crippen molar-refractivity contribution in [1.29, 1.82) is 0 Å². The topological polar surface area (TPSA) is 29.1 Å². The molecule has 4 heteroatoms. The summed E-state index contributed by atoms with van der Waals surface area (Å²) in [5.41, 5.74) is 2.32. The molecule has 0 radical (unpaired) electrons. The van der Waals surface area contributed by atoms with Crippen molar-refractivity contribution >= 4 is 37.8 Å². The van der Waals surface area contributed by atoms with E-state index in [1.165, 1.54) is 0 Å². The molecule has 0 aromatic heterocycles. The predicted octanol–water partition coefficient (Wildman–Crippen LogP) is 4.80. The van der Waals surface area contributed by atoms with Gasteiger partial charge in [-0.05, 0) is 47.5 Å². The molecule has 0 aliphatic heterocycles. The van der Waals surface area contributed by atoms with Gasteiger partial charge in [-0.3, -0.25) is 4.79 Å². The van der Waals surface area contributed by atoms with Crippen molar-refractivity contribution in [3.8, 4) is 0 Å². The molecular formula is C17H17Br2NO. The Bertz CT molecular complexity index is 642. The number of aryl methyl sites for hydroxylation is 1. The molecule has 1 amide bonds. The van der Waals surface area contributed by atoms with Crippen LogP contribution in [0.4, 0.5) is 0 Å². The maximum Gasteiger partial charge on any atom is 0.253 e. The number of halogens is 2. The number of hydrogen-bond acceptors (Lipinski definition) is 1. The number of carbonyl (C=O) groups excluding carboxylic acids is 1. The third-order valence-electron chi connectivity index (χ3n) is 3.43. The van der Waals surface area contributed by atoms with Gasteiger partial charge in [0.25, 0.3) is 5.91 Å². The van der Waals surface area contributed by atoms with Crippen molar-refractivity contribution < 1.29 is 4.79 Å². The average Bonchev–Trinajstić information content (AvgIpc) is 2.50. The Morgan fingerprint density at radius 3 is 2.48 bits per heavy atom. The fourth-order valence-corrected chi connectivity index (χ4v) is 3.01. The number of benzene rings is 2. The number of nitrogens with one attached hydrogen (secondary N) is 1. The van der Waals surface area contributed by atoms with Crippen LogP contribution in [0.1, 0.15) is 28.4 Å². The van der Waals surface area contributed by atoms with Gasteiger partial charge in [0.2, 0.25) is 0 Å². The summed E-state index contributed by atoms with van der Waals surface area (Å²) in [6.45, 7) is 3.99. The molecule has 0 saturated carbocycles. The van der Waals surface area contributed by atoms with E-state index in [0.29, 0.717) is 10.9 Å². The molecule has 2 aromatic rings. The van der Waals surface area contributed by atoms with E-state index in [-0.39, 0.29) is 5.91 Å². The molecule has 110 valence electrons. The van der Waals surface area contributed by atoms with Crippen LogP contribution < -0.4 is 5.32 Å². The highest BCUT2D eigenvalue weighted by Crippen LogP contribution is 2.25. The third kappa shape index (κ3) is 3.74. The molecule has 2 aromatic carbocycles. The minimum atomic E-state index is -0.457. The fourth-order valence-electron chi connectivity index (χ4n) is 2.12. The molecule has 0 heterocycles. The maximum atomic E-state index is 12.6. The van der Waals surface area contributed by atoms with Crippen molar-refractivity contribution in [1.82, 2.24) is 5.32 Å². The van der Waals surface area contributed by atoms with Gasteiger partial charge in [-0.1, -0.05) is 57.9 Å². The minimum absolute atomic E-state index is 0.0867. The lowest BCUT2D eigenvalue weighted by Gasteiger charge is -2.29. The van der Waals surface area contributed by atoms with Crippen LogP contribution in [-0.4, -0.2) is 11.2 Å². The second-order valence-electron chi connectivity index (χ2n) is 5.27. The Morgan fingerprint density at radius 2 is 1.86 bits per heavy atom. The largest absolute Gasteiger partial charge is 0.342 e. The molecular weight excluding hydrogens is 394 g/mol. The van der Waals surface area contributed by atoms with Gasteiger partial charge in [0.05, 0.1) is 11.1 Å². The molecule has 0 aliphatic carbocycles. The smallest absolute Gasteiger partial charge is 0.253 e. The summed E-state index contributed by atoms with van der Waals surface area (Å²) in [6.07, 6.45) is 0. The van der Waals surface area contributed by atoms with E-state index in [4.69, 9.17) is 0 Å². The number of alkyl halides is 1. The zero-order valence-corrected chi connectivity index (χ0v) is 15.2. The van der Waals surface area contributed by atoms with E-state index >= 15 is 0 Å².